The summed E-state index contributed by atoms with van der Waals surface area (Å²) in [5.41, 5.74) is 0. The molecule has 0 aromatic carbocycles. The zero-order valence-corrected chi connectivity index (χ0v) is 6.77. The SMILES string of the molecule is C=CCC[C@@H](C)NCC=C. The smallest absolute Gasteiger partial charge is 0.0134 e. The molecule has 0 amide bonds. The summed E-state index contributed by atoms with van der Waals surface area (Å²) < 4.78 is 0. The summed E-state index contributed by atoms with van der Waals surface area (Å²) in [6.45, 7) is 10.4. The highest BCUT2D eigenvalue weighted by Gasteiger charge is 1.95. The molecule has 0 spiro atoms. The molecule has 0 aliphatic heterocycles. The topological polar surface area (TPSA) is 12.0 Å². The molecule has 1 nitrogen and oxygen atoms in total. The van der Waals surface area contributed by atoms with Crippen LogP contribution in [0.2, 0.25) is 0 Å². The van der Waals surface area contributed by atoms with E-state index in [0.29, 0.717) is 6.04 Å². The molecule has 0 heterocycles. The molecular formula is C9H17N. The molecular weight excluding hydrogens is 122 g/mol. The Hall–Kier alpha value is -0.560. The second-order valence-corrected chi connectivity index (χ2v) is 2.46. The first-order valence-electron chi connectivity index (χ1n) is 3.76. The fourth-order valence-electron chi connectivity index (χ4n) is 0.754. The summed E-state index contributed by atoms with van der Waals surface area (Å²) >= 11 is 0. The molecule has 0 fully saturated rings. The molecule has 1 heteroatoms. The lowest BCUT2D eigenvalue weighted by Gasteiger charge is -2.09. The van der Waals surface area contributed by atoms with Crippen LogP contribution in [0.4, 0.5) is 0 Å². The normalized spacial score (nSPS) is 12.5. The Labute approximate surface area is 63.8 Å². The van der Waals surface area contributed by atoms with Gasteiger partial charge in [0.1, 0.15) is 0 Å². The van der Waals surface area contributed by atoms with Gasteiger partial charge in [0.15, 0.2) is 0 Å². The highest BCUT2D eigenvalue weighted by molar-refractivity contribution is 4.75. The highest BCUT2D eigenvalue weighted by Crippen LogP contribution is 1.95. The number of hydrogen-bond acceptors (Lipinski definition) is 1. The number of rotatable bonds is 6. The van der Waals surface area contributed by atoms with Crippen LogP contribution in [0.15, 0.2) is 25.3 Å². The average molecular weight is 139 g/mol. The van der Waals surface area contributed by atoms with Crippen molar-refractivity contribution in [2.45, 2.75) is 25.8 Å². The largest absolute Gasteiger partial charge is 0.311 e. The van der Waals surface area contributed by atoms with E-state index in [1.54, 1.807) is 0 Å². The Morgan fingerprint density at radius 3 is 2.60 bits per heavy atom. The fourth-order valence-corrected chi connectivity index (χ4v) is 0.754. The molecule has 10 heavy (non-hydrogen) atoms. The highest BCUT2D eigenvalue weighted by atomic mass is 14.9. The third-order valence-electron chi connectivity index (χ3n) is 1.41. The van der Waals surface area contributed by atoms with Gasteiger partial charge >= 0.3 is 0 Å². The minimum atomic E-state index is 0.580. The lowest BCUT2D eigenvalue weighted by atomic mass is 10.2. The van der Waals surface area contributed by atoms with Gasteiger partial charge < -0.3 is 5.32 Å². The Morgan fingerprint density at radius 2 is 2.10 bits per heavy atom. The molecule has 1 N–H and O–H groups in total. The molecule has 0 aromatic heterocycles. The van der Waals surface area contributed by atoms with Crippen molar-refractivity contribution in [1.29, 1.82) is 0 Å². The van der Waals surface area contributed by atoms with E-state index in [1.807, 2.05) is 12.2 Å². The van der Waals surface area contributed by atoms with Gasteiger partial charge in [-0.3, -0.25) is 0 Å². The van der Waals surface area contributed by atoms with E-state index in [2.05, 4.69) is 25.4 Å². The van der Waals surface area contributed by atoms with Gasteiger partial charge in [-0.15, -0.1) is 13.2 Å². The van der Waals surface area contributed by atoms with Gasteiger partial charge in [-0.1, -0.05) is 12.2 Å². The standard InChI is InChI=1S/C9H17N/c1-4-6-7-9(3)10-8-5-2/h4-5,9-10H,1-2,6-8H2,3H3/t9-/m1/s1. The van der Waals surface area contributed by atoms with Crippen molar-refractivity contribution in [2.75, 3.05) is 6.54 Å². The van der Waals surface area contributed by atoms with E-state index in [1.165, 1.54) is 0 Å². The van der Waals surface area contributed by atoms with E-state index < -0.39 is 0 Å². The van der Waals surface area contributed by atoms with Crippen molar-refractivity contribution < 1.29 is 0 Å². The van der Waals surface area contributed by atoms with Crippen LogP contribution in [0.3, 0.4) is 0 Å². The molecule has 0 aliphatic rings. The molecule has 0 unspecified atom stereocenters. The van der Waals surface area contributed by atoms with Crippen molar-refractivity contribution in [3.05, 3.63) is 25.3 Å². The molecule has 0 aromatic rings. The lowest BCUT2D eigenvalue weighted by Crippen LogP contribution is -2.25. The first-order valence-corrected chi connectivity index (χ1v) is 3.76. The van der Waals surface area contributed by atoms with E-state index >= 15 is 0 Å². The zero-order chi connectivity index (χ0) is 7.82. The van der Waals surface area contributed by atoms with Crippen LogP contribution in [0, 0.1) is 0 Å². The molecule has 58 valence electrons. The van der Waals surface area contributed by atoms with Gasteiger partial charge in [-0.05, 0) is 19.8 Å². The molecule has 0 aliphatic carbocycles. The van der Waals surface area contributed by atoms with Crippen molar-refractivity contribution in [3.63, 3.8) is 0 Å². The third-order valence-corrected chi connectivity index (χ3v) is 1.41. The fraction of sp³-hybridized carbons (Fsp3) is 0.556. The second-order valence-electron chi connectivity index (χ2n) is 2.46. The summed E-state index contributed by atoms with van der Waals surface area (Å²) in [5.74, 6) is 0. The van der Waals surface area contributed by atoms with Gasteiger partial charge in [0.2, 0.25) is 0 Å². The number of nitrogens with one attached hydrogen (secondary N) is 1. The third kappa shape index (κ3) is 5.57. The monoisotopic (exact) mass is 139 g/mol. The molecule has 0 saturated carbocycles. The minimum Gasteiger partial charge on any atom is -0.311 e. The zero-order valence-electron chi connectivity index (χ0n) is 6.77. The van der Waals surface area contributed by atoms with Crippen LogP contribution in [-0.2, 0) is 0 Å². The van der Waals surface area contributed by atoms with Gasteiger partial charge in [-0.2, -0.15) is 0 Å². The van der Waals surface area contributed by atoms with E-state index in [-0.39, 0.29) is 0 Å². The quantitative estimate of drug-likeness (QED) is 0.556. The Balaban J connectivity index is 3.15. The summed E-state index contributed by atoms with van der Waals surface area (Å²) in [6.07, 6.45) is 6.08. The number of allylic oxidation sites excluding steroid dienone is 1. The first kappa shape index (κ1) is 9.44. The van der Waals surface area contributed by atoms with Crippen molar-refractivity contribution in [1.82, 2.24) is 5.32 Å². The average Bonchev–Trinajstić information content (AvgIpc) is 1.97. The predicted octanol–water partition coefficient (Wildman–Crippen LogP) is 2.12. The van der Waals surface area contributed by atoms with E-state index in [4.69, 9.17) is 0 Å². The van der Waals surface area contributed by atoms with Gasteiger partial charge in [0.25, 0.3) is 0 Å². The maximum atomic E-state index is 3.66. The molecule has 0 bridgehead atoms. The van der Waals surface area contributed by atoms with Crippen LogP contribution in [0.5, 0.6) is 0 Å². The first-order chi connectivity index (χ1) is 4.81. The molecule has 0 radical (unpaired) electrons. The van der Waals surface area contributed by atoms with Crippen LogP contribution < -0.4 is 5.32 Å². The Kier molecular flexibility index (Phi) is 6.19. The summed E-state index contributed by atoms with van der Waals surface area (Å²) in [5, 5.41) is 3.30. The van der Waals surface area contributed by atoms with Crippen molar-refractivity contribution >= 4 is 0 Å². The lowest BCUT2D eigenvalue weighted by molar-refractivity contribution is 0.548. The van der Waals surface area contributed by atoms with Gasteiger partial charge in [0, 0.05) is 12.6 Å². The Bertz CT molecular complexity index is 84.9. The second kappa shape index (κ2) is 6.56. The summed E-state index contributed by atoms with van der Waals surface area (Å²) in [4.78, 5) is 0. The molecule has 0 rings (SSSR count). The predicted molar refractivity (Wildman–Crippen MR) is 47.1 cm³/mol. The van der Waals surface area contributed by atoms with Crippen LogP contribution in [-0.4, -0.2) is 12.6 Å². The minimum absolute atomic E-state index is 0.580. The van der Waals surface area contributed by atoms with Crippen molar-refractivity contribution in [2.24, 2.45) is 0 Å². The van der Waals surface area contributed by atoms with Gasteiger partial charge in [0.05, 0.1) is 0 Å². The van der Waals surface area contributed by atoms with Crippen molar-refractivity contribution in [3.8, 4) is 0 Å². The number of hydrogen-bond donors (Lipinski definition) is 1. The summed E-state index contributed by atoms with van der Waals surface area (Å²) in [6, 6.07) is 0.580. The van der Waals surface area contributed by atoms with E-state index in [9.17, 15) is 0 Å². The van der Waals surface area contributed by atoms with Crippen LogP contribution in [0.1, 0.15) is 19.8 Å². The van der Waals surface area contributed by atoms with E-state index in [0.717, 1.165) is 19.4 Å². The van der Waals surface area contributed by atoms with Crippen LogP contribution >= 0.6 is 0 Å². The molecule has 1 atom stereocenters. The maximum absolute atomic E-state index is 3.66. The maximum Gasteiger partial charge on any atom is 0.0134 e. The summed E-state index contributed by atoms with van der Waals surface area (Å²) in [7, 11) is 0. The Morgan fingerprint density at radius 1 is 1.40 bits per heavy atom. The van der Waals surface area contributed by atoms with Crippen LogP contribution in [0.25, 0.3) is 0 Å². The van der Waals surface area contributed by atoms with Gasteiger partial charge in [-0.25, -0.2) is 0 Å². The molecule has 0 saturated heterocycles.